The minimum atomic E-state index is -3.42. The zero-order valence-electron chi connectivity index (χ0n) is 87.5. The summed E-state index contributed by atoms with van der Waals surface area (Å²) in [6.07, 6.45) is 17.3. The molecule has 6 aromatic rings. The molecule has 798 valence electrons. The average molecular weight is 2070 g/mol. The summed E-state index contributed by atoms with van der Waals surface area (Å²) in [5, 5.41) is 49.4. The van der Waals surface area contributed by atoms with E-state index in [1.165, 1.54) is 18.6 Å². The number of esters is 1. The Morgan fingerprint density at radius 2 is 1.12 bits per heavy atom. The number of azide groups is 1. The molecule has 4 fully saturated rings. The zero-order chi connectivity index (χ0) is 108. The summed E-state index contributed by atoms with van der Waals surface area (Å²) in [5.41, 5.74) is 17.3. The molecule has 35 heteroatoms. The van der Waals surface area contributed by atoms with Gasteiger partial charge in [-0.1, -0.05) is 238 Å². The number of halogens is 1. The number of amides is 5. The number of ketones is 6. The second kappa shape index (κ2) is 59.9. The molecule has 5 amide bonds. The van der Waals surface area contributed by atoms with Crippen molar-refractivity contribution in [2.75, 3.05) is 51.6 Å². The fourth-order valence-electron chi connectivity index (χ4n) is 19.3. The maximum atomic E-state index is 14.2. The first-order chi connectivity index (χ1) is 69.9. The number of aliphatic hydroxyl groups is 1. The van der Waals surface area contributed by atoms with Crippen molar-refractivity contribution < 1.29 is 95.3 Å². The van der Waals surface area contributed by atoms with Crippen LogP contribution in [0.3, 0.4) is 0 Å². The van der Waals surface area contributed by atoms with Crippen molar-refractivity contribution in [3.63, 3.8) is 0 Å². The molecule has 1 aliphatic carbocycles. The minimum absolute atomic E-state index is 0.0163. The molecule has 0 bridgehead atoms. The molecule has 0 spiro atoms. The second-order valence-electron chi connectivity index (χ2n) is 42.2. The fourth-order valence-corrected chi connectivity index (χ4v) is 20.0. The zero-order valence-corrected chi connectivity index (χ0v) is 89.1. The smallest absolute Gasteiger partial charge is 0.453 e. The quantitative estimate of drug-likeness (QED) is 0.00250. The van der Waals surface area contributed by atoms with E-state index in [9.17, 15) is 81.1 Å². The van der Waals surface area contributed by atoms with Gasteiger partial charge in [-0.2, -0.15) is 0 Å². The van der Waals surface area contributed by atoms with Gasteiger partial charge in [-0.3, -0.25) is 62.6 Å². The first-order valence-corrected chi connectivity index (χ1v) is 54.1. The molecule has 5 aliphatic rings. The highest BCUT2D eigenvalue weighted by Gasteiger charge is 2.79. The molecule has 32 nitrogen and oxygen atoms in total. The van der Waals surface area contributed by atoms with Crippen molar-refractivity contribution in [2.24, 2.45) is 75.9 Å². The lowest BCUT2D eigenvalue weighted by atomic mass is 9.64. The van der Waals surface area contributed by atoms with Gasteiger partial charge in [-0.15, -0.1) is 11.6 Å². The number of fused-ring (bicyclic) bond motifs is 1. The lowest BCUT2D eigenvalue weighted by molar-refractivity contribution is -0.238. The number of carbonyl (C=O) groups excluding carboxylic acids is 12. The standard InChI is InChI=1S/C42H59N3O7.C35H49N5O5S.C20H26BN3O4.C15H20ClNO4/c1-29(2)22-36(43-40(49)33(17-16-31-12-8-6-9-13-31)25-35(46)27-45-18-20-51-21-19-45)38(47)26-34(24-32-14-10-7-11-15-32)41(50)44-37(23-30(3)4)39(48)42(5)28-52-42;1-24(2)17-30(22-34(42)32(39-40-37)20-26-9-7-6-8-10-26)35(43)38-31(18-25(3)4)33(41)21-29(15-16-46(5,44)45)19-27-11-13-28(23-36)14-12-27;1-14(2)10-16(21(27)28)12-19(25)17(11-15-6-4-3-5-7-15)24-20(26)18-13-22-8-9-23-18;1-14-10(7-8-16)12(19)17-15(14,13(20)21-14)11(18)9-5-3-2-4-6-9/h6-15,29-30,33-34,36-37H,16-28H2,1-5H3,(H,43,49)(H,44,50);6-16,24-25,29-32H,17-23,36H2,1-5H3,(H,38,43);3-9,13-14,16-17,27-28H,10-12H2,1-2H3,(H,24,26);3,5,9-11,18H,2,4,6-8H2,1H3,(H,17,19)/b;16-15+;;/t33-,34-,36+,37+,42-;29-,30-,31+,32+;16-,17+;9-,10+,11+,14+,15+/m1111/s1. The van der Waals surface area contributed by atoms with E-state index in [1.807, 2.05) is 227 Å². The number of benzene rings is 5. The number of ether oxygens (including phenoxy) is 3. The molecule has 4 aliphatic heterocycles. The molecular formula is C112H154BClN12O20S. The Hall–Kier alpha value is -11.2. The Kier molecular flexibility index (Phi) is 49.3. The van der Waals surface area contributed by atoms with Gasteiger partial charge in [0.1, 0.15) is 28.9 Å². The van der Waals surface area contributed by atoms with Crippen molar-refractivity contribution in [1.29, 1.82) is 0 Å². The molecule has 4 saturated heterocycles. The van der Waals surface area contributed by atoms with E-state index >= 15 is 0 Å². The molecule has 0 radical (unpaired) electrons. The molecule has 5 heterocycles. The van der Waals surface area contributed by atoms with Crippen LogP contribution in [0.2, 0.25) is 5.82 Å². The van der Waals surface area contributed by atoms with Crippen LogP contribution in [0.25, 0.3) is 10.4 Å². The van der Waals surface area contributed by atoms with Crippen molar-refractivity contribution in [3.8, 4) is 0 Å². The number of epoxide rings is 1. The van der Waals surface area contributed by atoms with Crippen LogP contribution in [0.4, 0.5) is 0 Å². The minimum Gasteiger partial charge on any atom is -0.453 e. The van der Waals surface area contributed by atoms with Crippen LogP contribution in [-0.2, 0) is 115 Å². The molecule has 0 unspecified atom stereocenters. The van der Waals surface area contributed by atoms with Crippen molar-refractivity contribution >= 4 is 98.8 Å². The Morgan fingerprint density at radius 3 is 1.63 bits per heavy atom. The summed E-state index contributed by atoms with van der Waals surface area (Å²) in [5.74, 6) is -6.45. The van der Waals surface area contributed by atoms with Crippen molar-refractivity contribution in [3.05, 3.63) is 237 Å². The lowest BCUT2D eigenvalue weighted by Crippen LogP contribution is -2.80. The van der Waals surface area contributed by atoms with E-state index in [0.717, 1.165) is 64.3 Å². The van der Waals surface area contributed by atoms with Gasteiger partial charge in [0.2, 0.25) is 29.2 Å². The average Bonchev–Trinajstić information content (AvgIpc) is 1.52. The maximum absolute atomic E-state index is 14.2. The number of sulfone groups is 1. The Balaban J connectivity index is 0.000000252. The molecule has 5 aromatic carbocycles. The monoisotopic (exact) mass is 2070 g/mol. The van der Waals surface area contributed by atoms with Gasteiger partial charge in [0, 0.05) is 116 Å². The topological polar surface area (TPSA) is 495 Å². The van der Waals surface area contributed by atoms with E-state index in [0.29, 0.717) is 116 Å². The van der Waals surface area contributed by atoms with Crippen LogP contribution in [-0.4, -0.2) is 220 Å². The number of nitrogens with zero attached hydrogens (tertiary/aromatic N) is 6. The summed E-state index contributed by atoms with van der Waals surface area (Å²) in [4.78, 5) is 172. The largest absolute Gasteiger partial charge is 0.455 e. The number of Topliss-reactive ketones (excluding diaryl/α,β-unsaturated/α-hetero) is 6. The summed E-state index contributed by atoms with van der Waals surface area (Å²) < 4.78 is 40.0. The van der Waals surface area contributed by atoms with Gasteiger partial charge in [-0.25, -0.2) is 18.2 Å². The Labute approximate surface area is 872 Å². The fraction of sp³-hybridized carbons (Fsp3) is 0.554. The highest BCUT2D eigenvalue weighted by Crippen LogP contribution is 2.54. The number of hydrogen-bond acceptors (Lipinski definition) is 25. The van der Waals surface area contributed by atoms with Gasteiger partial charge in [0.05, 0.1) is 68.8 Å². The Bertz CT molecular complexity index is 5480. The summed E-state index contributed by atoms with van der Waals surface area (Å²) >= 11 is 5.76. The highest BCUT2D eigenvalue weighted by atomic mass is 35.5. The predicted octanol–water partition coefficient (Wildman–Crippen LogP) is 13.5. The lowest BCUT2D eigenvalue weighted by Gasteiger charge is -2.54. The number of hydrogen-bond donors (Lipinski definition) is 9. The molecule has 0 saturated carbocycles. The summed E-state index contributed by atoms with van der Waals surface area (Å²) in [6.45, 7) is 26.6. The number of nitrogens with one attached hydrogen (secondary N) is 5. The van der Waals surface area contributed by atoms with Crippen LogP contribution < -0.4 is 32.3 Å². The van der Waals surface area contributed by atoms with Crippen molar-refractivity contribution in [1.82, 2.24) is 41.5 Å². The highest BCUT2D eigenvalue weighted by molar-refractivity contribution is 7.93. The van der Waals surface area contributed by atoms with Gasteiger partial charge in [-0.05, 0) is 185 Å². The van der Waals surface area contributed by atoms with Crippen LogP contribution in [0, 0.1) is 65.1 Å². The van der Waals surface area contributed by atoms with Gasteiger partial charge in [0.25, 0.3) is 5.91 Å². The molecule has 16 atom stereocenters. The van der Waals surface area contributed by atoms with E-state index in [4.69, 9.17) is 37.1 Å². The van der Waals surface area contributed by atoms with Gasteiger partial charge >= 0.3 is 13.1 Å². The molecular weight excluding hydrogens is 1910 g/mol. The van der Waals surface area contributed by atoms with E-state index in [2.05, 4.69) is 51.5 Å². The number of aryl methyl sites for hydroxylation is 1. The first-order valence-electron chi connectivity index (χ1n) is 51.6. The number of morpholine rings is 1. The third-order valence-corrected chi connectivity index (χ3v) is 28.2. The molecule has 11 rings (SSSR count). The number of nitrogens with two attached hydrogens (primary N) is 1. The Morgan fingerprint density at radius 1 is 0.619 bits per heavy atom. The van der Waals surface area contributed by atoms with Crippen molar-refractivity contribution in [2.45, 2.75) is 277 Å². The van der Waals surface area contributed by atoms with E-state index in [-0.39, 0.29) is 139 Å². The normalized spacial score (nSPS) is 20.1. The number of alkyl halides is 1. The number of allylic oxidation sites excluding steroid dienone is 2. The molecule has 147 heavy (non-hydrogen) atoms. The van der Waals surface area contributed by atoms with Gasteiger partial charge < -0.3 is 61.7 Å². The predicted molar refractivity (Wildman–Crippen MR) is 566 cm³/mol. The molecule has 10 N–H and O–H groups in total. The van der Waals surface area contributed by atoms with Crippen LogP contribution in [0.1, 0.15) is 223 Å². The van der Waals surface area contributed by atoms with Crippen LogP contribution in [0.15, 0.2) is 193 Å². The summed E-state index contributed by atoms with van der Waals surface area (Å²) in [6, 6.07) is 41.4. The van der Waals surface area contributed by atoms with Gasteiger partial charge in [0.15, 0.2) is 38.6 Å². The SMILES string of the molecule is CC(C)C[C@H](CC(=O)[C@H](Cc1ccccc1)N=[N+]=[N-])C(=O)N[C@@H](CC(C)C)C(=O)C[C@H](/C=C/S(C)(=O)=O)Cc1ccc(CN)cc1.CC(C)C[C@H](CC(=O)[C@H](Cc1ccccc1)NC(=O)c1cnccn1)B(O)O.CC(C)C[C@H](NC(=O)[C@H](CCc1ccccc1)CC(=O)CN1CCOCC1)C(=O)C[C@@H](Cc1ccccc1)C(=O)N[C@@H](CC(C)C)C(=O)[C@@]1(C)CO1.C[C@@]12OC(=O)[C@]1([C@@H](O)[C@@H]1C=CCCC1)NC(=O)[C@@H]2CCCl. The van der Waals surface area contributed by atoms with E-state index in [1.54, 1.807) is 19.9 Å². The first kappa shape index (κ1) is 121. The number of aromatic nitrogens is 2. The summed E-state index contributed by atoms with van der Waals surface area (Å²) in [7, 11) is -5.01. The van der Waals surface area contributed by atoms with Crippen LogP contribution in [0.5, 0.6) is 0 Å². The number of rotatable bonds is 56. The number of carbonyl (C=O) groups is 12. The third kappa shape index (κ3) is 39.4. The third-order valence-electron chi connectivity index (χ3n) is 27.3. The maximum Gasteiger partial charge on any atom is 0.455 e. The molecule has 1 aromatic heterocycles. The second-order valence-corrected chi connectivity index (χ2v) is 44.5. The van der Waals surface area contributed by atoms with E-state index < -0.39 is 123 Å². The number of aliphatic hydroxyl groups excluding tert-OH is 1. The van der Waals surface area contributed by atoms with Crippen LogP contribution >= 0.6 is 11.6 Å².